The standard InChI is InChI=1S/C12H19N3O2S/c1-3-4-5-6-15-12-8(11(14)17)9(13)10(18-12)7(2)16/h15H,3-6,13H2,1-2H3,(H2,14,17). The van der Waals surface area contributed by atoms with Crippen LogP contribution in [0.25, 0.3) is 0 Å². The molecule has 0 unspecified atom stereocenters. The molecule has 0 aliphatic heterocycles. The van der Waals surface area contributed by atoms with E-state index >= 15 is 0 Å². The molecule has 0 aliphatic rings. The van der Waals surface area contributed by atoms with Crippen LogP contribution < -0.4 is 16.8 Å². The summed E-state index contributed by atoms with van der Waals surface area (Å²) in [6.45, 7) is 4.28. The van der Waals surface area contributed by atoms with Crippen LogP contribution in [0.15, 0.2) is 0 Å². The van der Waals surface area contributed by atoms with Crippen molar-refractivity contribution in [2.45, 2.75) is 33.1 Å². The third-order valence-electron chi connectivity index (χ3n) is 2.58. The summed E-state index contributed by atoms with van der Waals surface area (Å²) < 4.78 is 0. The fourth-order valence-corrected chi connectivity index (χ4v) is 2.70. The number of thiophene rings is 1. The molecule has 0 saturated carbocycles. The van der Waals surface area contributed by atoms with Crippen LogP contribution >= 0.6 is 11.3 Å². The smallest absolute Gasteiger partial charge is 0.253 e. The number of Topliss-reactive ketones (excluding diaryl/α,β-unsaturated/α-hetero) is 1. The topological polar surface area (TPSA) is 98.2 Å². The highest BCUT2D eigenvalue weighted by Crippen LogP contribution is 2.35. The Morgan fingerprint density at radius 2 is 2.00 bits per heavy atom. The molecule has 0 saturated heterocycles. The van der Waals surface area contributed by atoms with E-state index in [9.17, 15) is 9.59 Å². The van der Waals surface area contributed by atoms with Gasteiger partial charge in [-0.3, -0.25) is 9.59 Å². The Morgan fingerprint density at radius 3 is 2.50 bits per heavy atom. The number of nitrogens with one attached hydrogen (secondary N) is 1. The van der Waals surface area contributed by atoms with E-state index in [0.717, 1.165) is 25.8 Å². The van der Waals surface area contributed by atoms with Crippen LogP contribution in [0.3, 0.4) is 0 Å². The number of ketones is 1. The number of nitrogen functional groups attached to an aromatic ring is 1. The van der Waals surface area contributed by atoms with Gasteiger partial charge in [-0.1, -0.05) is 19.8 Å². The van der Waals surface area contributed by atoms with E-state index in [1.165, 1.54) is 18.3 Å². The Labute approximate surface area is 111 Å². The number of hydrogen-bond acceptors (Lipinski definition) is 5. The average molecular weight is 269 g/mol. The minimum atomic E-state index is -0.603. The summed E-state index contributed by atoms with van der Waals surface area (Å²) in [6.07, 6.45) is 3.23. The molecule has 1 amide bonds. The molecular formula is C12H19N3O2S. The second-order valence-corrected chi connectivity index (χ2v) is 5.12. The molecule has 0 fully saturated rings. The molecule has 0 radical (unpaired) electrons. The van der Waals surface area contributed by atoms with Crippen LogP contribution in [-0.4, -0.2) is 18.2 Å². The number of hydrogen-bond donors (Lipinski definition) is 3. The first-order valence-electron chi connectivity index (χ1n) is 5.95. The maximum Gasteiger partial charge on any atom is 0.253 e. The summed E-state index contributed by atoms with van der Waals surface area (Å²) in [5.74, 6) is -0.754. The molecule has 6 heteroatoms. The van der Waals surface area contributed by atoms with Crippen molar-refractivity contribution in [1.29, 1.82) is 0 Å². The number of nitrogens with two attached hydrogens (primary N) is 2. The normalized spacial score (nSPS) is 10.3. The van der Waals surface area contributed by atoms with Gasteiger partial charge in [-0.2, -0.15) is 0 Å². The lowest BCUT2D eigenvalue weighted by Gasteiger charge is -2.05. The minimum Gasteiger partial charge on any atom is -0.397 e. The molecule has 1 aromatic heterocycles. The largest absolute Gasteiger partial charge is 0.397 e. The van der Waals surface area contributed by atoms with E-state index in [0.29, 0.717) is 9.88 Å². The van der Waals surface area contributed by atoms with E-state index in [1.54, 1.807) is 0 Å². The monoisotopic (exact) mass is 269 g/mol. The van der Waals surface area contributed by atoms with Crippen LogP contribution in [0, 0.1) is 0 Å². The zero-order valence-electron chi connectivity index (χ0n) is 10.7. The molecule has 1 heterocycles. The summed E-state index contributed by atoms with van der Waals surface area (Å²) in [6, 6.07) is 0. The molecule has 1 aromatic rings. The maximum atomic E-state index is 11.4. The SMILES string of the molecule is CCCCCNc1sc(C(C)=O)c(N)c1C(N)=O. The van der Waals surface area contributed by atoms with Gasteiger partial charge in [0.25, 0.3) is 5.91 Å². The Kier molecular flexibility index (Phi) is 5.15. The van der Waals surface area contributed by atoms with Crippen molar-refractivity contribution in [1.82, 2.24) is 0 Å². The molecule has 0 aromatic carbocycles. The van der Waals surface area contributed by atoms with Gasteiger partial charge in [-0.25, -0.2) is 0 Å². The third-order valence-corrected chi connectivity index (χ3v) is 3.84. The number of anilines is 2. The second kappa shape index (κ2) is 6.39. The molecular weight excluding hydrogens is 250 g/mol. The highest BCUT2D eigenvalue weighted by atomic mass is 32.1. The number of rotatable bonds is 7. The van der Waals surface area contributed by atoms with Crippen molar-refractivity contribution in [3.05, 3.63) is 10.4 Å². The van der Waals surface area contributed by atoms with E-state index in [-0.39, 0.29) is 17.0 Å². The number of amides is 1. The van der Waals surface area contributed by atoms with Crippen molar-refractivity contribution in [2.75, 3.05) is 17.6 Å². The molecule has 5 nitrogen and oxygen atoms in total. The minimum absolute atomic E-state index is 0.151. The van der Waals surface area contributed by atoms with Crippen LogP contribution in [-0.2, 0) is 0 Å². The van der Waals surface area contributed by atoms with Gasteiger partial charge in [-0.05, 0) is 6.42 Å². The fraction of sp³-hybridized carbons (Fsp3) is 0.500. The van der Waals surface area contributed by atoms with Gasteiger partial charge >= 0.3 is 0 Å². The zero-order chi connectivity index (χ0) is 13.7. The number of primary amides is 1. The molecule has 5 N–H and O–H groups in total. The lowest BCUT2D eigenvalue weighted by molar-refractivity contribution is 0.100. The first-order valence-corrected chi connectivity index (χ1v) is 6.77. The predicted molar refractivity (Wildman–Crippen MR) is 75.3 cm³/mol. The van der Waals surface area contributed by atoms with E-state index in [1.807, 2.05) is 0 Å². The Bertz CT molecular complexity index is 454. The van der Waals surface area contributed by atoms with Gasteiger partial charge in [-0.15, -0.1) is 11.3 Å². The van der Waals surface area contributed by atoms with Crippen LogP contribution in [0.1, 0.15) is 53.1 Å². The van der Waals surface area contributed by atoms with Crippen LogP contribution in [0.2, 0.25) is 0 Å². The quantitative estimate of drug-likeness (QED) is 0.522. The van der Waals surface area contributed by atoms with Crippen molar-refractivity contribution in [3.8, 4) is 0 Å². The van der Waals surface area contributed by atoms with Crippen LogP contribution in [0.5, 0.6) is 0 Å². The number of unbranched alkanes of at least 4 members (excludes halogenated alkanes) is 2. The molecule has 0 aliphatic carbocycles. The maximum absolute atomic E-state index is 11.4. The summed E-state index contributed by atoms with van der Waals surface area (Å²) in [5, 5.41) is 3.73. The molecule has 0 spiro atoms. The van der Waals surface area contributed by atoms with Gasteiger partial charge in [0.15, 0.2) is 5.78 Å². The van der Waals surface area contributed by atoms with Crippen molar-refractivity contribution in [2.24, 2.45) is 5.73 Å². The third kappa shape index (κ3) is 3.22. The molecule has 0 atom stereocenters. The highest BCUT2D eigenvalue weighted by molar-refractivity contribution is 7.19. The predicted octanol–water partition coefficient (Wildman–Crippen LogP) is 2.23. The Balaban J connectivity index is 2.92. The van der Waals surface area contributed by atoms with Crippen molar-refractivity contribution in [3.63, 3.8) is 0 Å². The molecule has 1 rings (SSSR count). The number of carbonyl (C=O) groups is 2. The lowest BCUT2D eigenvalue weighted by atomic mass is 10.2. The summed E-state index contributed by atoms with van der Waals surface area (Å²) >= 11 is 1.19. The van der Waals surface area contributed by atoms with E-state index in [4.69, 9.17) is 11.5 Å². The van der Waals surface area contributed by atoms with Crippen molar-refractivity contribution >= 4 is 33.7 Å². The average Bonchev–Trinajstić information content (AvgIpc) is 2.62. The summed E-state index contributed by atoms with van der Waals surface area (Å²) in [5.41, 5.74) is 11.5. The molecule has 18 heavy (non-hydrogen) atoms. The van der Waals surface area contributed by atoms with Gasteiger partial charge in [0.1, 0.15) is 5.00 Å². The first kappa shape index (κ1) is 14.5. The fourth-order valence-electron chi connectivity index (χ4n) is 1.65. The van der Waals surface area contributed by atoms with Gasteiger partial charge in [0.05, 0.1) is 16.1 Å². The molecule has 100 valence electrons. The van der Waals surface area contributed by atoms with Gasteiger partial charge < -0.3 is 16.8 Å². The summed E-state index contributed by atoms with van der Waals surface area (Å²) in [7, 11) is 0. The summed E-state index contributed by atoms with van der Waals surface area (Å²) in [4.78, 5) is 23.1. The first-order chi connectivity index (χ1) is 8.49. The zero-order valence-corrected chi connectivity index (χ0v) is 11.5. The lowest BCUT2D eigenvalue weighted by Crippen LogP contribution is -2.15. The molecule has 0 bridgehead atoms. The van der Waals surface area contributed by atoms with Gasteiger partial charge in [0.2, 0.25) is 0 Å². The second-order valence-electron chi connectivity index (χ2n) is 4.10. The Hall–Kier alpha value is -1.56. The van der Waals surface area contributed by atoms with Gasteiger partial charge in [0, 0.05) is 13.5 Å². The Morgan fingerprint density at radius 1 is 1.33 bits per heavy atom. The van der Waals surface area contributed by atoms with Crippen LogP contribution in [0.4, 0.5) is 10.7 Å². The number of carbonyl (C=O) groups excluding carboxylic acids is 2. The van der Waals surface area contributed by atoms with E-state index in [2.05, 4.69) is 12.2 Å². The van der Waals surface area contributed by atoms with E-state index < -0.39 is 5.91 Å². The highest BCUT2D eigenvalue weighted by Gasteiger charge is 2.21. The van der Waals surface area contributed by atoms with Crippen molar-refractivity contribution < 1.29 is 9.59 Å².